The molecule has 2 aliphatic rings. The first-order valence-corrected chi connectivity index (χ1v) is 14.1. The predicted octanol–water partition coefficient (Wildman–Crippen LogP) is 7.86. The molecule has 3 aromatic carbocycles. The first-order chi connectivity index (χ1) is 19.2. The predicted molar refractivity (Wildman–Crippen MR) is 153 cm³/mol. The molecule has 0 bridgehead atoms. The number of allylic oxidation sites excluding steroid dienone is 1. The Morgan fingerprint density at radius 3 is 2.50 bits per heavy atom. The monoisotopic (exact) mass is 552 g/mol. The highest BCUT2D eigenvalue weighted by Gasteiger charge is 2.31. The topological polar surface area (TPSA) is 38.5 Å². The molecule has 7 heteroatoms. The maximum atomic E-state index is 12.9. The molecule has 3 aromatic rings. The second kappa shape index (κ2) is 12.0. The van der Waals surface area contributed by atoms with E-state index in [-0.39, 0.29) is 12.4 Å². The number of hydrogen-bond donors (Lipinski definition) is 1. The standard InChI is InChI=1S/C33H36F4N2O/c1-2-24-19-28(40-33(35,36)37)11-13-29(24)30-12-9-25-8-10-27(38)20-31(25)32(30)26-6-4-22(5-7-26)18-23-14-17-39(21-23)16-3-15-34/h4-8,10-11,13,19-20,23H,2-3,9,12,14-18,21,38H2,1H3. The van der Waals surface area contributed by atoms with E-state index in [2.05, 4.69) is 40.0 Å². The lowest BCUT2D eigenvalue weighted by Gasteiger charge is -2.26. The van der Waals surface area contributed by atoms with Gasteiger partial charge >= 0.3 is 6.36 Å². The number of ether oxygens (including phenoxy) is 1. The number of nitrogens with two attached hydrogens (primary N) is 1. The van der Waals surface area contributed by atoms with E-state index in [1.54, 1.807) is 6.07 Å². The van der Waals surface area contributed by atoms with Crippen LogP contribution in [-0.4, -0.2) is 37.6 Å². The van der Waals surface area contributed by atoms with Gasteiger partial charge in [-0.1, -0.05) is 43.3 Å². The number of anilines is 1. The summed E-state index contributed by atoms with van der Waals surface area (Å²) in [5, 5.41) is 0. The van der Waals surface area contributed by atoms with Gasteiger partial charge in [0.1, 0.15) is 5.75 Å². The fourth-order valence-corrected chi connectivity index (χ4v) is 6.25. The van der Waals surface area contributed by atoms with Gasteiger partial charge in [-0.2, -0.15) is 0 Å². The summed E-state index contributed by atoms with van der Waals surface area (Å²) in [7, 11) is 0. The van der Waals surface area contributed by atoms with Crippen LogP contribution in [0.15, 0.2) is 60.7 Å². The lowest BCUT2D eigenvalue weighted by molar-refractivity contribution is -0.274. The smallest absolute Gasteiger partial charge is 0.406 e. The minimum absolute atomic E-state index is 0.199. The van der Waals surface area contributed by atoms with Crippen molar-refractivity contribution in [2.45, 2.75) is 51.8 Å². The molecule has 0 saturated carbocycles. The second-order valence-corrected chi connectivity index (χ2v) is 10.9. The highest BCUT2D eigenvalue weighted by atomic mass is 19.4. The lowest BCUT2D eigenvalue weighted by atomic mass is 9.78. The van der Waals surface area contributed by atoms with Crippen LogP contribution in [0.2, 0.25) is 0 Å². The van der Waals surface area contributed by atoms with Gasteiger partial charge in [-0.15, -0.1) is 13.2 Å². The van der Waals surface area contributed by atoms with Crippen LogP contribution in [0.25, 0.3) is 11.1 Å². The Kier molecular flexibility index (Phi) is 8.50. The normalized spacial score (nSPS) is 17.8. The van der Waals surface area contributed by atoms with Crippen molar-refractivity contribution in [1.82, 2.24) is 4.90 Å². The molecule has 1 heterocycles. The molecule has 0 amide bonds. The third-order valence-electron chi connectivity index (χ3n) is 8.11. The largest absolute Gasteiger partial charge is 0.573 e. The summed E-state index contributed by atoms with van der Waals surface area (Å²) < 4.78 is 55.4. The maximum absolute atomic E-state index is 12.9. The number of likely N-dealkylation sites (tertiary alicyclic amines) is 1. The Bertz CT molecular complexity index is 1360. The SMILES string of the molecule is CCc1cc(OC(F)(F)F)ccc1C1=C(c2ccc(CC3CCN(CCCF)C3)cc2)c2cc(N)ccc2CC1. The number of fused-ring (bicyclic) bond motifs is 1. The van der Waals surface area contributed by atoms with E-state index in [9.17, 15) is 17.6 Å². The summed E-state index contributed by atoms with van der Waals surface area (Å²) in [5.41, 5.74) is 15.5. The third-order valence-corrected chi connectivity index (χ3v) is 8.11. The number of alkyl halides is 4. The molecule has 1 atom stereocenters. The van der Waals surface area contributed by atoms with Crippen molar-refractivity contribution in [2.75, 3.05) is 32.0 Å². The number of halogens is 4. The lowest BCUT2D eigenvalue weighted by Crippen LogP contribution is -2.22. The number of benzene rings is 3. The number of nitrogen functional groups attached to an aromatic ring is 1. The summed E-state index contributed by atoms with van der Waals surface area (Å²) >= 11 is 0. The molecule has 1 aliphatic carbocycles. The van der Waals surface area contributed by atoms with Gasteiger partial charge in [-0.05, 0) is 120 Å². The van der Waals surface area contributed by atoms with Crippen LogP contribution in [0.5, 0.6) is 5.75 Å². The molecule has 0 spiro atoms. The van der Waals surface area contributed by atoms with Crippen LogP contribution in [0, 0.1) is 5.92 Å². The van der Waals surface area contributed by atoms with E-state index >= 15 is 0 Å². The van der Waals surface area contributed by atoms with Gasteiger partial charge in [0.2, 0.25) is 0 Å². The molecule has 1 fully saturated rings. The molecule has 5 rings (SSSR count). The Morgan fingerprint density at radius 1 is 0.975 bits per heavy atom. The number of aryl methyl sites for hydroxylation is 2. The van der Waals surface area contributed by atoms with Crippen LogP contribution in [-0.2, 0) is 19.3 Å². The minimum Gasteiger partial charge on any atom is -0.406 e. The first kappa shape index (κ1) is 28.2. The number of rotatable bonds is 9. The Morgan fingerprint density at radius 2 is 1.77 bits per heavy atom. The van der Waals surface area contributed by atoms with Crippen LogP contribution in [0.4, 0.5) is 23.2 Å². The van der Waals surface area contributed by atoms with Gasteiger partial charge in [-0.3, -0.25) is 4.39 Å². The van der Waals surface area contributed by atoms with Crippen LogP contribution < -0.4 is 10.5 Å². The Labute approximate surface area is 233 Å². The van der Waals surface area contributed by atoms with Gasteiger partial charge in [-0.25, -0.2) is 0 Å². The zero-order valence-corrected chi connectivity index (χ0v) is 22.9. The zero-order chi connectivity index (χ0) is 28.3. The van der Waals surface area contributed by atoms with Crippen molar-refractivity contribution in [3.05, 3.63) is 94.0 Å². The van der Waals surface area contributed by atoms with E-state index < -0.39 is 6.36 Å². The average molecular weight is 553 g/mol. The van der Waals surface area contributed by atoms with Crippen molar-refractivity contribution < 1.29 is 22.3 Å². The summed E-state index contributed by atoms with van der Waals surface area (Å²) in [6.07, 6.45) is 0.169. The quantitative estimate of drug-likeness (QED) is 0.217. The van der Waals surface area contributed by atoms with Crippen LogP contribution in [0.1, 0.15) is 59.6 Å². The van der Waals surface area contributed by atoms with Gasteiger partial charge in [0.05, 0.1) is 6.67 Å². The molecule has 1 saturated heterocycles. The average Bonchev–Trinajstić information content (AvgIpc) is 3.38. The van der Waals surface area contributed by atoms with Gasteiger partial charge < -0.3 is 15.4 Å². The second-order valence-electron chi connectivity index (χ2n) is 10.9. The molecule has 2 N–H and O–H groups in total. The summed E-state index contributed by atoms with van der Waals surface area (Å²) in [6.45, 7) is 4.55. The van der Waals surface area contributed by atoms with Gasteiger partial charge in [0.15, 0.2) is 0 Å². The van der Waals surface area contributed by atoms with Crippen molar-refractivity contribution in [3.63, 3.8) is 0 Å². The highest BCUT2D eigenvalue weighted by molar-refractivity contribution is 6.01. The molecule has 40 heavy (non-hydrogen) atoms. The summed E-state index contributed by atoms with van der Waals surface area (Å²) in [4.78, 5) is 2.36. The molecule has 1 unspecified atom stereocenters. The fourth-order valence-electron chi connectivity index (χ4n) is 6.25. The molecule has 3 nitrogen and oxygen atoms in total. The third kappa shape index (κ3) is 6.52. The van der Waals surface area contributed by atoms with Gasteiger partial charge in [0, 0.05) is 18.8 Å². The summed E-state index contributed by atoms with van der Waals surface area (Å²) in [5.74, 6) is 0.371. The number of nitrogens with zero attached hydrogens (tertiary/aromatic N) is 1. The van der Waals surface area contributed by atoms with E-state index in [0.29, 0.717) is 24.4 Å². The number of hydrogen-bond acceptors (Lipinski definition) is 3. The van der Waals surface area contributed by atoms with E-state index in [1.165, 1.54) is 23.3 Å². The van der Waals surface area contributed by atoms with Crippen LogP contribution >= 0.6 is 0 Å². The van der Waals surface area contributed by atoms with E-state index in [0.717, 1.165) is 78.7 Å². The van der Waals surface area contributed by atoms with Crippen molar-refractivity contribution >= 4 is 16.8 Å². The Hall–Kier alpha value is -3.32. The van der Waals surface area contributed by atoms with E-state index in [4.69, 9.17) is 5.73 Å². The molecule has 1 aliphatic heterocycles. The maximum Gasteiger partial charge on any atom is 0.573 e. The van der Waals surface area contributed by atoms with Crippen molar-refractivity contribution in [2.24, 2.45) is 5.92 Å². The minimum atomic E-state index is -4.73. The fraction of sp³-hybridized carbons (Fsp3) is 0.394. The van der Waals surface area contributed by atoms with E-state index in [1.807, 2.05) is 19.1 Å². The highest BCUT2D eigenvalue weighted by Crippen LogP contribution is 2.43. The molecular weight excluding hydrogens is 516 g/mol. The molecular formula is C33H36F4N2O. The molecule has 0 radical (unpaired) electrons. The first-order valence-electron chi connectivity index (χ1n) is 14.1. The van der Waals surface area contributed by atoms with Gasteiger partial charge in [0.25, 0.3) is 0 Å². The zero-order valence-electron chi connectivity index (χ0n) is 22.9. The molecule has 212 valence electrons. The van der Waals surface area contributed by atoms with Crippen LogP contribution in [0.3, 0.4) is 0 Å². The Balaban J connectivity index is 1.49. The van der Waals surface area contributed by atoms with Crippen molar-refractivity contribution in [1.29, 1.82) is 0 Å². The van der Waals surface area contributed by atoms with Crippen molar-refractivity contribution in [3.8, 4) is 5.75 Å². The summed E-state index contributed by atoms with van der Waals surface area (Å²) in [6, 6.07) is 19.4. The molecule has 0 aromatic heterocycles.